The zero-order valence-electron chi connectivity index (χ0n) is 12.0. The number of carbonyl (C=O) groups excluding carboxylic acids is 1. The molecular weight excluding hydrogens is 407 g/mol. The lowest BCUT2D eigenvalue weighted by atomic mass is 10.2. The van der Waals surface area contributed by atoms with Crippen LogP contribution in [0.2, 0.25) is 0 Å². The molecular formula is C13H17IN2O6. The average molecular weight is 424 g/mol. The number of H-pyrrole nitrogens is 1. The summed E-state index contributed by atoms with van der Waals surface area (Å²) >= 11 is 1.81. The second-order valence-corrected chi connectivity index (χ2v) is 6.17. The van der Waals surface area contributed by atoms with Crippen molar-refractivity contribution in [2.75, 3.05) is 6.61 Å². The van der Waals surface area contributed by atoms with Gasteiger partial charge in [0.1, 0.15) is 18.9 Å². The van der Waals surface area contributed by atoms with E-state index in [-0.39, 0.29) is 19.0 Å². The molecule has 1 aliphatic heterocycles. The number of halogens is 1. The van der Waals surface area contributed by atoms with Gasteiger partial charge in [0.2, 0.25) is 0 Å². The molecule has 2 N–H and O–H groups in total. The normalized spacial score (nSPS) is 24.4. The van der Waals surface area contributed by atoms with Crippen molar-refractivity contribution < 1.29 is 19.4 Å². The topological polar surface area (TPSA) is 111 Å². The fourth-order valence-corrected chi connectivity index (χ4v) is 2.60. The summed E-state index contributed by atoms with van der Waals surface area (Å²) in [5, 5.41) is 9.97. The minimum absolute atomic E-state index is 0.0638. The number of rotatable bonds is 5. The van der Waals surface area contributed by atoms with E-state index in [1.54, 1.807) is 0 Å². The number of aromatic nitrogens is 2. The van der Waals surface area contributed by atoms with Crippen LogP contribution in [0.1, 0.15) is 32.4 Å². The number of ether oxygens (including phenoxy) is 2. The molecule has 8 nitrogen and oxygen atoms in total. The van der Waals surface area contributed by atoms with Crippen molar-refractivity contribution in [3.63, 3.8) is 0 Å². The predicted octanol–water partition coefficient (Wildman–Crippen LogP) is 0.133. The lowest BCUT2D eigenvalue weighted by Gasteiger charge is -2.16. The van der Waals surface area contributed by atoms with Gasteiger partial charge in [-0.15, -0.1) is 0 Å². The predicted molar refractivity (Wildman–Crippen MR) is 84.4 cm³/mol. The van der Waals surface area contributed by atoms with Crippen molar-refractivity contribution in [2.24, 2.45) is 0 Å². The van der Waals surface area contributed by atoms with E-state index in [0.29, 0.717) is 16.4 Å². The van der Waals surface area contributed by atoms with Crippen molar-refractivity contribution in [3.8, 4) is 0 Å². The Balaban J connectivity index is 2.04. The number of aliphatic hydroxyl groups excluding tert-OH is 1. The molecule has 9 heteroatoms. The van der Waals surface area contributed by atoms with E-state index in [4.69, 9.17) is 9.47 Å². The van der Waals surface area contributed by atoms with Crippen LogP contribution in [-0.2, 0) is 14.3 Å². The third-order valence-electron chi connectivity index (χ3n) is 3.30. The maximum absolute atomic E-state index is 11.8. The molecule has 2 rings (SSSR count). The zero-order chi connectivity index (χ0) is 16.3. The molecule has 1 fully saturated rings. The maximum Gasteiger partial charge on any atom is 0.330 e. The lowest BCUT2D eigenvalue weighted by Crippen LogP contribution is -2.33. The monoisotopic (exact) mass is 424 g/mol. The molecule has 0 bridgehead atoms. The minimum atomic E-state index is -0.851. The van der Waals surface area contributed by atoms with E-state index in [1.807, 2.05) is 29.5 Å². The molecule has 0 unspecified atom stereocenters. The van der Waals surface area contributed by atoms with Gasteiger partial charge in [0.15, 0.2) is 0 Å². The zero-order valence-corrected chi connectivity index (χ0v) is 14.1. The highest BCUT2D eigenvalue weighted by atomic mass is 127. The number of aromatic amines is 1. The Morgan fingerprint density at radius 3 is 3.00 bits per heavy atom. The van der Waals surface area contributed by atoms with Gasteiger partial charge in [0, 0.05) is 19.0 Å². The SMILES string of the molecule is CCCC(=O)OC[C@H]1O[C@@H](n2cc(I)c(=O)[nH]c2=O)C[C@@H]1O. The number of carbonyl (C=O) groups is 1. The first-order chi connectivity index (χ1) is 10.4. The van der Waals surface area contributed by atoms with Crippen molar-refractivity contribution in [2.45, 2.75) is 44.6 Å². The molecule has 0 spiro atoms. The first kappa shape index (κ1) is 17.2. The van der Waals surface area contributed by atoms with Gasteiger partial charge in [-0.25, -0.2) is 4.79 Å². The smallest absolute Gasteiger partial charge is 0.330 e. The van der Waals surface area contributed by atoms with Gasteiger partial charge in [0.25, 0.3) is 5.56 Å². The molecule has 22 heavy (non-hydrogen) atoms. The summed E-state index contributed by atoms with van der Waals surface area (Å²) in [4.78, 5) is 36.7. The number of nitrogens with zero attached hydrogens (tertiary/aromatic N) is 1. The van der Waals surface area contributed by atoms with Crippen molar-refractivity contribution in [1.82, 2.24) is 9.55 Å². The van der Waals surface area contributed by atoms with Gasteiger partial charge in [-0.05, 0) is 29.0 Å². The van der Waals surface area contributed by atoms with Crippen LogP contribution in [0, 0.1) is 3.57 Å². The van der Waals surface area contributed by atoms with E-state index in [2.05, 4.69) is 4.98 Å². The Morgan fingerprint density at radius 2 is 2.32 bits per heavy atom. The molecule has 3 atom stereocenters. The van der Waals surface area contributed by atoms with E-state index in [9.17, 15) is 19.5 Å². The van der Waals surface area contributed by atoms with Gasteiger partial charge < -0.3 is 14.6 Å². The summed E-state index contributed by atoms with van der Waals surface area (Å²) in [7, 11) is 0. The van der Waals surface area contributed by atoms with E-state index >= 15 is 0 Å². The summed E-state index contributed by atoms with van der Waals surface area (Å²) in [5.74, 6) is -0.350. The third-order valence-corrected chi connectivity index (χ3v) is 4.07. The average Bonchev–Trinajstić information content (AvgIpc) is 2.82. The van der Waals surface area contributed by atoms with Crippen LogP contribution < -0.4 is 11.2 Å². The Kier molecular flexibility index (Phi) is 5.75. The van der Waals surface area contributed by atoms with Crippen molar-refractivity contribution in [3.05, 3.63) is 30.6 Å². The van der Waals surface area contributed by atoms with E-state index < -0.39 is 29.7 Å². The Labute approximate surface area is 139 Å². The molecule has 1 saturated heterocycles. The van der Waals surface area contributed by atoms with E-state index in [1.165, 1.54) is 10.8 Å². The van der Waals surface area contributed by atoms with Crippen LogP contribution in [0.5, 0.6) is 0 Å². The number of hydrogen-bond donors (Lipinski definition) is 2. The molecule has 0 radical (unpaired) electrons. The highest BCUT2D eigenvalue weighted by molar-refractivity contribution is 14.1. The van der Waals surface area contributed by atoms with Crippen LogP contribution in [0.3, 0.4) is 0 Å². The summed E-state index contributed by atoms with van der Waals surface area (Å²) in [6, 6.07) is 0. The molecule has 1 aromatic heterocycles. The second kappa shape index (κ2) is 7.38. The number of hydrogen-bond acceptors (Lipinski definition) is 6. The number of nitrogens with one attached hydrogen (secondary N) is 1. The third kappa shape index (κ3) is 3.96. The summed E-state index contributed by atoms with van der Waals surface area (Å²) < 4.78 is 12.2. The van der Waals surface area contributed by atoms with Crippen LogP contribution in [0.4, 0.5) is 0 Å². The fourth-order valence-electron chi connectivity index (χ4n) is 2.16. The van der Waals surface area contributed by atoms with Crippen LogP contribution in [0.15, 0.2) is 15.8 Å². The standard InChI is InChI=1S/C13H17IN2O6/c1-2-3-11(18)21-6-9-8(17)4-10(22-9)16-5-7(14)12(19)15-13(16)20/h5,8-10,17H,2-4,6H2,1H3,(H,15,19,20)/t8-,9+,10+/m0/s1. The highest BCUT2D eigenvalue weighted by Crippen LogP contribution is 2.27. The maximum atomic E-state index is 11.8. The molecule has 0 amide bonds. The number of esters is 1. The Hall–Kier alpha value is -1.20. The number of aliphatic hydroxyl groups is 1. The highest BCUT2D eigenvalue weighted by Gasteiger charge is 2.36. The van der Waals surface area contributed by atoms with Gasteiger partial charge in [0.05, 0.1) is 9.67 Å². The van der Waals surface area contributed by atoms with Crippen LogP contribution in [-0.4, -0.2) is 39.4 Å². The molecule has 0 aliphatic carbocycles. The van der Waals surface area contributed by atoms with Crippen molar-refractivity contribution in [1.29, 1.82) is 0 Å². The minimum Gasteiger partial charge on any atom is -0.463 e. The van der Waals surface area contributed by atoms with Gasteiger partial charge >= 0.3 is 11.7 Å². The molecule has 1 aliphatic rings. The lowest BCUT2D eigenvalue weighted by molar-refractivity contribution is -0.150. The first-order valence-electron chi connectivity index (χ1n) is 6.92. The molecule has 1 aromatic rings. The summed E-state index contributed by atoms with van der Waals surface area (Å²) in [5.41, 5.74) is -1.07. The second-order valence-electron chi connectivity index (χ2n) is 5.01. The van der Waals surface area contributed by atoms with E-state index in [0.717, 1.165) is 0 Å². The molecule has 0 saturated carbocycles. The van der Waals surface area contributed by atoms with Gasteiger partial charge in [-0.3, -0.25) is 19.1 Å². The summed E-state index contributed by atoms with van der Waals surface area (Å²) in [6.45, 7) is 1.80. The van der Waals surface area contributed by atoms with Gasteiger partial charge in [-0.1, -0.05) is 6.92 Å². The molecule has 0 aromatic carbocycles. The van der Waals surface area contributed by atoms with Gasteiger partial charge in [-0.2, -0.15) is 0 Å². The quantitative estimate of drug-likeness (QED) is 0.514. The Morgan fingerprint density at radius 1 is 1.59 bits per heavy atom. The van der Waals surface area contributed by atoms with Crippen LogP contribution in [0.25, 0.3) is 0 Å². The van der Waals surface area contributed by atoms with Crippen molar-refractivity contribution >= 4 is 28.6 Å². The molecule has 2 heterocycles. The van der Waals surface area contributed by atoms with Crippen LogP contribution >= 0.6 is 22.6 Å². The Bertz CT molecular complexity index is 655. The molecule has 122 valence electrons. The fraction of sp³-hybridized carbons (Fsp3) is 0.615. The first-order valence-corrected chi connectivity index (χ1v) is 8.00. The summed E-state index contributed by atoms with van der Waals surface area (Å²) in [6.07, 6.45) is 0.300. The largest absolute Gasteiger partial charge is 0.463 e.